The van der Waals surface area contributed by atoms with Crippen molar-refractivity contribution in [1.82, 2.24) is 4.90 Å². The quantitative estimate of drug-likeness (QED) is 0.887. The first-order valence-corrected chi connectivity index (χ1v) is 7.41. The van der Waals surface area contributed by atoms with E-state index < -0.39 is 0 Å². The molecule has 1 atom stereocenters. The second-order valence-corrected chi connectivity index (χ2v) is 5.41. The Hall–Kier alpha value is -1.06. The van der Waals surface area contributed by atoms with Crippen molar-refractivity contribution in [2.45, 2.75) is 45.2 Å². The summed E-state index contributed by atoms with van der Waals surface area (Å²) in [7, 11) is 0. The van der Waals surface area contributed by atoms with Gasteiger partial charge >= 0.3 is 0 Å². The maximum absolute atomic E-state index is 6.12. The van der Waals surface area contributed by atoms with E-state index in [9.17, 15) is 0 Å². The molecule has 0 amide bonds. The van der Waals surface area contributed by atoms with Crippen LogP contribution in [-0.4, -0.2) is 30.1 Å². The molecule has 0 fully saturated rings. The lowest BCUT2D eigenvalue weighted by atomic mass is 9.88. The number of benzene rings is 1. The highest BCUT2D eigenvalue weighted by atomic mass is 16.5. The molecule has 1 aromatic carbocycles. The Labute approximate surface area is 116 Å². The molecule has 3 heteroatoms. The molecule has 0 saturated heterocycles. The number of fused-ring (bicyclic) bond motifs is 1. The molecule has 0 spiro atoms. The number of nitrogens with zero attached hydrogens (tertiary/aromatic N) is 1. The van der Waals surface area contributed by atoms with E-state index in [-0.39, 0.29) is 5.54 Å². The summed E-state index contributed by atoms with van der Waals surface area (Å²) in [6.07, 6.45) is 3.42. The summed E-state index contributed by atoms with van der Waals surface area (Å²) in [6, 6.07) is 8.35. The summed E-state index contributed by atoms with van der Waals surface area (Å²) in [5, 5.41) is 0. The van der Waals surface area contributed by atoms with Crippen LogP contribution in [0.5, 0.6) is 5.75 Å². The van der Waals surface area contributed by atoms with Crippen molar-refractivity contribution >= 4 is 0 Å². The molecule has 0 aromatic heterocycles. The number of rotatable bonds is 5. The van der Waals surface area contributed by atoms with Gasteiger partial charge in [-0.2, -0.15) is 0 Å². The van der Waals surface area contributed by atoms with Gasteiger partial charge in [0, 0.05) is 30.7 Å². The number of nitrogens with two attached hydrogens (primary N) is 1. The third kappa shape index (κ3) is 2.93. The summed E-state index contributed by atoms with van der Waals surface area (Å²) in [5.41, 5.74) is 7.52. The molecule has 2 N–H and O–H groups in total. The Morgan fingerprint density at radius 1 is 1.32 bits per heavy atom. The van der Waals surface area contributed by atoms with Crippen LogP contribution in [0.2, 0.25) is 0 Å². The maximum Gasteiger partial charge on any atom is 0.123 e. The van der Waals surface area contributed by atoms with E-state index in [1.807, 2.05) is 6.07 Å². The fourth-order valence-electron chi connectivity index (χ4n) is 3.13. The Morgan fingerprint density at radius 2 is 2.11 bits per heavy atom. The van der Waals surface area contributed by atoms with Gasteiger partial charge in [-0.05, 0) is 18.9 Å². The van der Waals surface area contributed by atoms with E-state index in [1.165, 1.54) is 12.0 Å². The van der Waals surface area contributed by atoms with Gasteiger partial charge in [-0.25, -0.2) is 0 Å². The fraction of sp³-hybridized carbons (Fsp3) is 0.625. The van der Waals surface area contributed by atoms with Gasteiger partial charge in [0.2, 0.25) is 0 Å². The second kappa shape index (κ2) is 6.40. The summed E-state index contributed by atoms with van der Waals surface area (Å²) < 4.78 is 5.86. The molecule has 1 aromatic rings. The predicted octanol–water partition coefficient (Wildman–Crippen LogP) is 2.79. The lowest BCUT2D eigenvalue weighted by molar-refractivity contribution is 0.0657. The third-order valence-electron chi connectivity index (χ3n) is 4.38. The van der Waals surface area contributed by atoms with E-state index in [4.69, 9.17) is 10.5 Å². The minimum atomic E-state index is 0.121. The van der Waals surface area contributed by atoms with Crippen molar-refractivity contribution < 1.29 is 4.74 Å². The number of hydrogen-bond donors (Lipinski definition) is 1. The number of ether oxygens (including phenoxy) is 1. The zero-order valence-corrected chi connectivity index (χ0v) is 12.2. The molecule has 1 unspecified atom stereocenters. The molecule has 0 saturated carbocycles. The highest BCUT2D eigenvalue weighted by Crippen LogP contribution is 2.31. The van der Waals surface area contributed by atoms with Crippen LogP contribution in [0.3, 0.4) is 0 Å². The maximum atomic E-state index is 6.12. The lowest BCUT2D eigenvalue weighted by Gasteiger charge is -2.42. The SMILES string of the molecule is CCCC(CC)(CN)N1CCOc2ccccc2C1. The summed E-state index contributed by atoms with van der Waals surface area (Å²) >= 11 is 0. The zero-order chi connectivity index (χ0) is 13.7. The van der Waals surface area contributed by atoms with Crippen LogP contribution >= 0.6 is 0 Å². The van der Waals surface area contributed by atoms with Crippen molar-refractivity contribution in [3.63, 3.8) is 0 Å². The molecule has 0 bridgehead atoms. The zero-order valence-electron chi connectivity index (χ0n) is 12.2. The van der Waals surface area contributed by atoms with Gasteiger partial charge in [-0.1, -0.05) is 38.5 Å². The summed E-state index contributed by atoms with van der Waals surface area (Å²) in [4.78, 5) is 2.53. The van der Waals surface area contributed by atoms with Crippen LogP contribution in [0.25, 0.3) is 0 Å². The average Bonchev–Trinajstić information content (AvgIpc) is 2.67. The van der Waals surface area contributed by atoms with Crippen LogP contribution < -0.4 is 10.5 Å². The van der Waals surface area contributed by atoms with Gasteiger partial charge in [0.1, 0.15) is 12.4 Å². The highest BCUT2D eigenvalue weighted by Gasteiger charge is 2.34. The van der Waals surface area contributed by atoms with Crippen molar-refractivity contribution in [2.75, 3.05) is 19.7 Å². The molecule has 1 heterocycles. The number of hydrogen-bond acceptors (Lipinski definition) is 3. The predicted molar refractivity (Wildman–Crippen MR) is 79.3 cm³/mol. The molecule has 19 heavy (non-hydrogen) atoms. The van der Waals surface area contributed by atoms with Gasteiger partial charge in [-0.3, -0.25) is 4.90 Å². The van der Waals surface area contributed by atoms with E-state index in [0.717, 1.165) is 44.8 Å². The molecule has 0 aliphatic carbocycles. The molecule has 0 radical (unpaired) electrons. The Bertz CT molecular complexity index is 401. The monoisotopic (exact) mass is 262 g/mol. The fourth-order valence-corrected chi connectivity index (χ4v) is 3.13. The van der Waals surface area contributed by atoms with Crippen molar-refractivity contribution in [3.05, 3.63) is 29.8 Å². The first-order valence-electron chi connectivity index (χ1n) is 7.41. The van der Waals surface area contributed by atoms with E-state index >= 15 is 0 Å². The van der Waals surface area contributed by atoms with Gasteiger partial charge in [0.25, 0.3) is 0 Å². The van der Waals surface area contributed by atoms with Gasteiger partial charge in [-0.15, -0.1) is 0 Å². The van der Waals surface area contributed by atoms with E-state index in [2.05, 4.69) is 36.9 Å². The smallest absolute Gasteiger partial charge is 0.123 e. The van der Waals surface area contributed by atoms with Crippen LogP contribution in [-0.2, 0) is 6.54 Å². The highest BCUT2D eigenvalue weighted by molar-refractivity contribution is 5.34. The first-order chi connectivity index (χ1) is 9.25. The first kappa shape index (κ1) is 14.4. The van der Waals surface area contributed by atoms with Crippen molar-refractivity contribution in [3.8, 4) is 5.75 Å². The molecule has 3 nitrogen and oxygen atoms in total. The molecular weight excluding hydrogens is 236 g/mol. The lowest BCUT2D eigenvalue weighted by Crippen LogP contribution is -2.53. The van der Waals surface area contributed by atoms with Gasteiger partial charge in [0.05, 0.1) is 0 Å². The van der Waals surface area contributed by atoms with E-state index in [0.29, 0.717) is 0 Å². The van der Waals surface area contributed by atoms with Crippen LogP contribution in [0, 0.1) is 0 Å². The van der Waals surface area contributed by atoms with E-state index in [1.54, 1.807) is 0 Å². The molecule has 2 rings (SSSR count). The van der Waals surface area contributed by atoms with Gasteiger partial charge < -0.3 is 10.5 Å². The van der Waals surface area contributed by atoms with Crippen molar-refractivity contribution in [2.24, 2.45) is 5.73 Å². The van der Waals surface area contributed by atoms with Crippen LogP contribution in [0.15, 0.2) is 24.3 Å². The second-order valence-electron chi connectivity index (χ2n) is 5.41. The topological polar surface area (TPSA) is 38.5 Å². The Balaban J connectivity index is 2.25. The third-order valence-corrected chi connectivity index (χ3v) is 4.38. The van der Waals surface area contributed by atoms with Crippen LogP contribution in [0.4, 0.5) is 0 Å². The molecule has 106 valence electrons. The minimum Gasteiger partial charge on any atom is -0.492 e. The number of para-hydroxylation sites is 1. The van der Waals surface area contributed by atoms with Gasteiger partial charge in [0.15, 0.2) is 0 Å². The summed E-state index contributed by atoms with van der Waals surface area (Å²) in [6.45, 7) is 7.87. The van der Waals surface area contributed by atoms with Crippen LogP contribution in [0.1, 0.15) is 38.7 Å². The Morgan fingerprint density at radius 3 is 2.79 bits per heavy atom. The molecule has 1 aliphatic rings. The average molecular weight is 262 g/mol. The summed E-state index contributed by atoms with van der Waals surface area (Å²) in [5.74, 6) is 1.03. The minimum absolute atomic E-state index is 0.121. The van der Waals surface area contributed by atoms with Crippen molar-refractivity contribution in [1.29, 1.82) is 0 Å². The molecular formula is C16H26N2O. The largest absolute Gasteiger partial charge is 0.492 e. The standard InChI is InChI=1S/C16H26N2O/c1-3-9-16(4-2,13-17)18-10-11-19-15-8-6-5-7-14(15)12-18/h5-8H,3-4,9-13,17H2,1-2H3. The molecule has 1 aliphatic heterocycles. The Kier molecular flexibility index (Phi) is 4.83. The normalized spacial score (nSPS) is 19.1.